The first kappa shape index (κ1) is 23.0. The van der Waals surface area contributed by atoms with Crippen molar-refractivity contribution < 1.29 is 4.74 Å². The summed E-state index contributed by atoms with van der Waals surface area (Å²) in [5.41, 5.74) is 2.92. The van der Waals surface area contributed by atoms with Gasteiger partial charge < -0.3 is 4.74 Å². The van der Waals surface area contributed by atoms with E-state index in [4.69, 9.17) is 4.74 Å². The zero-order chi connectivity index (χ0) is 20.6. The lowest BCUT2D eigenvalue weighted by molar-refractivity contribution is 0.222. The quantitative estimate of drug-likeness (QED) is 0.402. The van der Waals surface area contributed by atoms with E-state index in [-0.39, 0.29) is 5.41 Å². The molecule has 0 N–H and O–H groups in total. The van der Waals surface area contributed by atoms with Gasteiger partial charge in [-0.25, -0.2) is 0 Å². The molecule has 1 aromatic carbocycles. The number of nitrogens with zero attached hydrogens (tertiary/aromatic N) is 1. The summed E-state index contributed by atoms with van der Waals surface area (Å²) < 4.78 is 5.33. The smallest absolute Gasteiger partial charge is 0.118 e. The summed E-state index contributed by atoms with van der Waals surface area (Å²) in [6.45, 7) is 10.4. The fraction of sp³-hybridized carbons (Fsp3) is 0.692. The Morgan fingerprint density at radius 2 is 1.79 bits per heavy atom. The van der Waals surface area contributed by atoms with Crippen LogP contribution in [0.4, 0.5) is 0 Å². The van der Waals surface area contributed by atoms with Gasteiger partial charge in [-0.05, 0) is 75.7 Å². The molecule has 1 aliphatic rings. The molecule has 2 nitrogen and oxygen atoms in total. The topological polar surface area (TPSA) is 12.5 Å². The molecule has 158 valence electrons. The molecule has 28 heavy (non-hydrogen) atoms. The molecule has 0 amide bonds. The second kappa shape index (κ2) is 11.0. The van der Waals surface area contributed by atoms with Gasteiger partial charge in [0.1, 0.15) is 5.75 Å². The van der Waals surface area contributed by atoms with Crippen LogP contribution in [0.25, 0.3) is 0 Å². The molecular formula is C26H43NO. The summed E-state index contributed by atoms with van der Waals surface area (Å²) in [7, 11) is 4.04. The number of rotatable bonds is 10. The highest BCUT2D eigenvalue weighted by Crippen LogP contribution is 2.32. The fourth-order valence-corrected chi connectivity index (χ4v) is 4.68. The summed E-state index contributed by atoms with van der Waals surface area (Å²) in [4.78, 5) is 2.58. The lowest BCUT2D eigenvalue weighted by Crippen LogP contribution is -2.36. The molecule has 0 spiro atoms. The Balaban J connectivity index is 1.97. The van der Waals surface area contributed by atoms with Gasteiger partial charge in [0.05, 0.1) is 7.11 Å². The molecule has 1 aromatic rings. The molecule has 2 rings (SSSR count). The molecule has 0 bridgehead atoms. The maximum Gasteiger partial charge on any atom is 0.118 e. The number of ether oxygens (including phenoxy) is 1. The Bertz CT molecular complexity index is 591. The molecule has 0 aliphatic heterocycles. The molecule has 0 radical (unpaired) electrons. The molecule has 1 fully saturated rings. The van der Waals surface area contributed by atoms with E-state index in [1.807, 2.05) is 0 Å². The van der Waals surface area contributed by atoms with Crippen LogP contribution in [0.5, 0.6) is 5.75 Å². The minimum absolute atomic E-state index is 0.126. The van der Waals surface area contributed by atoms with Crippen molar-refractivity contribution in [3.8, 4) is 5.75 Å². The Labute approximate surface area is 174 Å². The summed E-state index contributed by atoms with van der Waals surface area (Å²) in [5, 5.41) is 0. The Morgan fingerprint density at radius 1 is 1.14 bits per heavy atom. The van der Waals surface area contributed by atoms with Gasteiger partial charge in [-0.1, -0.05) is 69.7 Å². The largest absolute Gasteiger partial charge is 0.497 e. The predicted octanol–water partition coefficient (Wildman–Crippen LogP) is 6.99. The van der Waals surface area contributed by atoms with Crippen LogP contribution < -0.4 is 4.74 Å². The number of allylic oxidation sites excluding steroid dienone is 1. The van der Waals surface area contributed by atoms with Crippen LogP contribution in [-0.2, 0) is 5.41 Å². The van der Waals surface area contributed by atoms with Crippen molar-refractivity contribution in [1.82, 2.24) is 4.90 Å². The van der Waals surface area contributed by atoms with Crippen LogP contribution in [-0.4, -0.2) is 31.6 Å². The summed E-state index contributed by atoms with van der Waals surface area (Å²) in [5.74, 6) is 1.92. The van der Waals surface area contributed by atoms with Crippen LogP contribution in [0, 0.1) is 5.92 Å². The van der Waals surface area contributed by atoms with E-state index in [2.05, 4.69) is 70.0 Å². The number of methoxy groups -OCH3 is 1. The van der Waals surface area contributed by atoms with E-state index in [0.29, 0.717) is 6.04 Å². The minimum Gasteiger partial charge on any atom is -0.497 e. The van der Waals surface area contributed by atoms with Crippen molar-refractivity contribution in [3.05, 3.63) is 41.5 Å². The molecule has 1 saturated carbocycles. The molecule has 0 saturated heterocycles. The summed E-state index contributed by atoms with van der Waals surface area (Å²) >= 11 is 0. The standard InChI is InChI=1S/C26H43NO/c1-21(2)19-24(27(5)18-10-13-22-11-8-7-9-12-22)20-26(3,4)23-14-16-25(28-6)17-15-23/h14-17,19,22,24H,7-13,18,20H2,1-6H3. The van der Waals surface area contributed by atoms with Gasteiger partial charge >= 0.3 is 0 Å². The van der Waals surface area contributed by atoms with Crippen LogP contribution in [0.15, 0.2) is 35.9 Å². The monoisotopic (exact) mass is 385 g/mol. The van der Waals surface area contributed by atoms with Gasteiger partial charge in [-0.15, -0.1) is 0 Å². The van der Waals surface area contributed by atoms with Crippen molar-refractivity contribution in [2.24, 2.45) is 5.92 Å². The summed E-state index contributed by atoms with van der Waals surface area (Å²) in [6.07, 6.45) is 13.6. The van der Waals surface area contributed by atoms with E-state index in [1.54, 1.807) is 7.11 Å². The molecule has 0 heterocycles. The Kier molecular flexibility index (Phi) is 9.08. The van der Waals surface area contributed by atoms with Crippen molar-refractivity contribution in [2.75, 3.05) is 20.7 Å². The lowest BCUT2D eigenvalue weighted by Gasteiger charge is -2.35. The average molecular weight is 386 g/mol. The van der Waals surface area contributed by atoms with Gasteiger partial charge in [0.2, 0.25) is 0 Å². The zero-order valence-electron chi connectivity index (χ0n) is 19.3. The SMILES string of the molecule is COc1ccc(C(C)(C)CC(C=C(C)C)N(C)CCCC2CCCCC2)cc1. The van der Waals surface area contributed by atoms with Crippen molar-refractivity contribution >= 4 is 0 Å². The first-order valence-corrected chi connectivity index (χ1v) is 11.3. The van der Waals surface area contributed by atoms with E-state index < -0.39 is 0 Å². The second-order valence-corrected chi connectivity index (χ2v) is 9.75. The highest BCUT2D eigenvalue weighted by atomic mass is 16.5. The van der Waals surface area contributed by atoms with E-state index in [0.717, 1.165) is 18.1 Å². The van der Waals surface area contributed by atoms with E-state index in [9.17, 15) is 0 Å². The van der Waals surface area contributed by atoms with Crippen LogP contribution in [0.3, 0.4) is 0 Å². The van der Waals surface area contributed by atoms with Gasteiger partial charge in [0.15, 0.2) is 0 Å². The molecule has 2 heteroatoms. The number of benzene rings is 1. The van der Waals surface area contributed by atoms with Gasteiger partial charge in [-0.3, -0.25) is 4.90 Å². The van der Waals surface area contributed by atoms with Crippen LogP contribution >= 0.6 is 0 Å². The Hall–Kier alpha value is -1.28. The van der Waals surface area contributed by atoms with Crippen molar-refractivity contribution in [3.63, 3.8) is 0 Å². The average Bonchev–Trinajstić information content (AvgIpc) is 2.67. The van der Waals surface area contributed by atoms with E-state index in [1.165, 1.54) is 62.6 Å². The fourth-order valence-electron chi connectivity index (χ4n) is 4.68. The van der Waals surface area contributed by atoms with Crippen LogP contribution in [0.1, 0.15) is 84.6 Å². The lowest BCUT2D eigenvalue weighted by atomic mass is 9.78. The summed E-state index contributed by atoms with van der Waals surface area (Å²) in [6, 6.07) is 9.10. The minimum atomic E-state index is 0.126. The van der Waals surface area contributed by atoms with Crippen molar-refractivity contribution in [2.45, 2.75) is 90.5 Å². The Morgan fingerprint density at radius 3 is 2.36 bits per heavy atom. The van der Waals surface area contributed by atoms with Crippen molar-refractivity contribution in [1.29, 1.82) is 0 Å². The first-order valence-electron chi connectivity index (χ1n) is 11.3. The molecular weight excluding hydrogens is 342 g/mol. The van der Waals surface area contributed by atoms with Crippen LogP contribution in [0.2, 0.25) is 0 Å². The molecule has 1 atom stereocenters. The third-order valence-corrected chi connectivity index (χ3v) is 6.53. The predicted molar refractivity (Wildman–Crippen MR) is 122 cm³/mol. The highest BCUT2D eigenvalue weighted by Gasteiger charge is 2.26. The third-order valence-electron chi connectivity index (χ3n) is 6.53. The van der Waals surface area contributed by atoms with E-state index >= 15 is 0 Å². The highest BCUT2D eigenvalue weighted by molar-refractivity contribution is 5.32. The second-order valence-electron chi connectivity index (χ2n) is 9.75. The number of hydrogen-bond acceptors (Lipinski definition) is 2. The zero-order valence-corrected chi connectivity index (χ0v) is 19.3. The van der Waals surface area contributed by atoms with Gasteiger partial charge in [0, 0.05) is 6.04 Å². The third kappa shape index (κ3) is 7.28. The maximum absolute atomic E-state index is 5.33. The number of likely N-dealkylation sites (N-methyl/N-ethyl adjacent to an activating group) is 1. The number of hydrogen-bond donors (Lipinski definition) is 0. The maximum atomic E-state index is 5.33. The molecule has 0 aromatic heterocycles. The first-order chi connectivity index (χ1) is 13.3. The van der Waals surface area contributed by atoms with Gasteiger partial charge in [-0.2, -0.15) is 0 Å². The molecule has 1 aliphatic carbocycles. The normalized spacial score (nSPS) is 16.8. The van der Waals surface area contributed by atoms with Gasteiger partial charge in [0.25, 0.3) is 0 Å². The molecule has 1 unspecified atom stereocenters.